The van der Waals surface area contributed by atoms with Gasteiger partial charge >= 0.3 is 16.4 Å². The first-order valence-corrected chi connectivity index (χ1v) is 25.9. The molecule has 3 heterocycles. The summed E-state index contributed by atoms with van der Waals surface area (Å²) in [7, 11) is -8.20. The Balaban J connectivity index is 1.37. The molecule has 2 aromatic heterocycles. The van der Waals surface area contributed by atoms with Gasteiger partial charge in [-0.2, -0.15) is 0 Å². The number of amides is 1. The van der Waals surface area contributed by atoms with Gasteiger partial charge in [-0.3, -0.25) is 9.32 Å². The van der Waals surface area contributed by atoms with E-state index < -0.39 is 54.9 Å². The van der Waals surface area contributed by atoms with E-state index in [0.717, 1.165) is 5.56 Å². The number of nitrogens with one attached hydrogen (secondary N) is 1. The van der Waals surface area contributed by atoms with Crippen molar-refractivity contribution in [3.8, 4) is 11.5 Å². The van der Waals surface area contributed by atoms with Crippen LogP contribution in [0.25, 0.3) is 11.0 Å². The van der Waals surface area contributed by atoms with Crippen LogP contribution in [0.3, 0.4) is 0 Å². The summed E-state index contributed by atoms with van der Waals surface area (Å²) >= 11 is 0. The molecule has 1 aliphatic rings. The number of benzene rings is 4. The van der Waals surface area contributed by atoms with Crippen LogP contribution in [0.1, 0.15) is 54.0 Å². The van der Waals surface area contributed by atoms with Crippen LogP contribution >= 0.6 is 16.4 Å². The van der Waals surface area contributed by atoms with Crippen molar-refractivity contribution in [1.82, 2.24) is 14.5 Å². The lowest BCUT2D eigenvalue weighted by Crippen LogP contribution is -2.49. The lowest BCUT2D eigenvalue weighted by Gasteiger charge is -2.41. The SMILES string of the molecule is COc1ccc(C(OC[C@H]2O[C@@H](n3ccc4c(NC(=O)c5ccccc5)ncnc43)[C@H](O[Si](C)(C)C(C)(C)C)[C@@H]2OP(=O)(O)OP(O)O)(c2ccccc2)c2ccc(OC)cc2)cc1. The molecule has 16 nitrogen and oxygen atoms in total. The predicted octanol–water partition coefficient (Wildman–Crippen LogP) is 8.71. The van der Waals surface area contributed by atoms with Crippen LogP contribution < -0.4 is 14.8 Å². The van der Waals surface area contributed by atoms with Crippen molar-refractivity contribution in [2.45, 2.75) is 69.0 Å². The van der Waals surface area contributed by atoms with Crippen molar-refractivity contribution in [3.63, 3.8) is 0 Å². The average molecular weight is 931 g/mol. The largest absolute Gasteiger partial charge is 0.497 e. The second-order valence-corrected chi connectivity index (χ2v) is 23.7. The predicted molar refractivity (Wildman–Crippen MR) is 243 cm³/mol. The molecule has 19 heteroatoms. The van der Waals surface area contributed by atoms with Crippen LogP contribution in [-0.2, 0) is 32.9 Å². The van der Waals surface area contributed by atoms with Crippen LogP contribution in [0.2, 0.25) is 18.1 Å². The molecule has 1 fully saturated rings. The molecule has 1 saturated heterocycles. The van der Waals surface area contributed by atoms with E-state index in [4.69, 9.17) is 32.2 Å². The van der Waals surface area contributed by atoms with Crippen LogP contribution in [-0.4, -0.2) is 82.6 Å². The highest BCUT2D eigenvalue weighted by Crippen LogP contribution is 2.57. The molecule has 5 atom stereocenters. The topological polar surface area (TPSA) is 202 Å². The zero-order chi connectivity index (χ0) is 45.9. The molecular weight excluding hydrogens is 879 g/mol. The molecule has 64 heavy (non-hydrogen) atoms. The summed E-state index contributed by atoms with van der Waals surface area (Å²) in [4.78, 5) is 52.9. The third-order valence-corrected chi connectivity index (χ3v) is 18.0. The van der Waals surface area contributed by atoms with Gasteiger partial charge in [-0.1, -0.05) is 93.6 Å². The van der Waals surface area contributed by atoms with Crippen molar-refractivity contribution in [2.75, 3.05) is 26.1 Å². The van der Waals surface area contributed by atoms with Gasteiger partial charge in [-0.15, -0.1) is 0 Å². The smallest absolute Gasteiger partial charge is 0.479 e. The molecule has 0 saturated carbocycles. The number of phosphoric acid groups is 1. The van der Waals surface area contributed by atoms with Crippen molar-refractivity contribution >= 4 is 47.5 Å². The Bertz CT molecular complexity index is 2510. The van der Waals surface area contributed by atoms with Crippen molar-refractivity contribution < 1.29 is 56.2 Å². The molecular formula is C45H52N4O12P2Si. The van der Waals surface area contributed by atoms with Crippen LogP contribution in [0.15, 0.2) is 128 Å². The van der Waals surface area contributed by atoms with Crippen LogP contribution in [0.4, 0.5) is 5.82 Å². The summed E-state index contributed by atoms with van der Waals surface area (Å²) in [5.41, 5.74) is 1.61. The Hall–Kier alpha value is -4.87. The van der Waals surface area contributed by atoms with E-state index in [1.165, 1.54) is 6.33 Å². The minimum absolute atomic E-state index is 0.240. The third kappa shape index (κ3) is 10.0. The van der Waals surface area contributed by atoms with E-state index >= 15 is 0 Å². The number of fused-ring (bicyclic) bond motifs is 1. The molecule has 0 radical (unpaired) electrons. The fourth-order valence-electron chi connectivity index (χ4n) is 7.43. The third-order valence-electron chi connectivity index (χ3n) is 11.6. The molecule has 0 spiro atoms. The molecule has 0 aliphatic carbocycles. The number of hydrogen-bond donors (Lipinski definition) is 4. The van der Waals surface area contributed by atoms with E-state index in [1.54, 1.807) is 55.3 Å². The second-order valence-electron chi connectivity index (χ2n) is 16.6. The first-order chi connectivity index (χ1) is 30.5. The normalized spacial score (nSPS) is 19.1. The molecule has 1 aliphatic heterocycles. The maximum atomic E-state index is 13.7. The number of carbonyl (C=O) groups excluding carboxylic acids is 1. The van der Waals surface area contributed by atoms with Crippen molar-refractivity contribution in [2.24, 2.45) is 0 Å². The lowest BCUT2D eigenvalue weighted by atomic mass is 9.80. The quantitative estimate of drug-likeness (QED) is 0.0384. The number of phosphoric ester groups is 1. The van der Waals surface area contributed by atoms with E-state index in [0.29, 0.717) is 39.2 Å². The summed E-state index contributed by atoms with van der Waals surface area (Å²) in [6.45, 7) is 9.88. The number of carbonyl (C=O) groups is 1. The Morgan fingerprint density at radius 3 is 1.94 bits per heavy atom. The Kier molecular flexibility index (Phi) is 14.2. The second kappa shape index (κ2) is 19.3. The molecule has 6 aromatic rings. The summed E-state index contributed by atoms with van der Waals surface area (Å²) in [5, 5.41) is 2.98. The average Bonchev–Trinajstić information content (AvgIpc) is 3.84. The van der Waals surface area contributed by atoms with Gasteiger partial charge in [0.2, 0.25) is 0 Å². The van der Waals surface area contributed by atoms with Gasteiger partial charge in [-0.05, 0) is 77.3 Å². The minimum Gasteiger partial charge on any atom is -0.497 e. The molecule has 4 aromatic carbocycles. The molecule has 4 N–H and O–H groups in total. The monoisotopic (exact) mass is 930 g/mol. The van der Waals surface area contributed by atoms with Crippen molar-refractivity contribution in [3.05, 3.63) is 150 Å². The minimum atomic E-state index is -5.22. The number of rotatable bonds is 17. The first-order valence-electron chi connectivity index (χ1n) is 20.3. The summed E-state index contributed by atoms with van der Waals surface area (Å²) in [6, 6.07) is 34.9. The van der Waals surface area contributed by atoms with Gasteiger partial charge in [0.05, 0.1) is 26.2 Å². The first kappa shape index (κ1) is 47.1. The van der Waals surface area contributed by atoms with Gasteiger partial charge in [0.15, 0.2) is 14.5 Å². The van der Waals surface area contributed by atoms with Crippen molar-refractivity contribution in [1.29, 1.82) is 0 Å². The van der Waals surface area contributed by atoms with E-state index in [2.05, 4.69) is 15.3 Å². The highest BCUT2D eigenvalue weighted by molar-refractivity contribution is 7.57. The van der Waals surface area contributed by atoms with Crippen LogP contribution in [0.5, 0.6) is 11.5 Å². The summed E-state index contributed by atoms with van der Waals surface area (Å²) in [5.74, 6) is 1.11. The zero-order valence-electron chi connectivity index (χ0n) is 36.4. The van der Waals surface area contributed by atoms with Gasteiger partial charge in [0.25, 0.3) is 5.91 Å². The van der Waals surface area contributed by atoms with Gasteiger partial charge in [0, 0.05) is 11.8 Å². The number of aromatic nitrogens is 3. The molecule has 338 valence electrons. The highest BCUT2D eigenvalue weighted by atomic mass is 31.3. The highest BCUT2D eigenvalue weighted by Gasteiger charge is 2.55. The van der Waals surface area contributed by atoms with Gasteiger partial charge in [-0.25, -0.2) is 18.8 Å². The number of hydrogen-bond acceptors (Lipinski definition) is 13. The molecule has 7 rings (SSSR count). The Labute approximate surface area is 373 Å². The lowest BCUT2D eigenvalue weighted by molar-refractivity contribution is -0.0930. The van der Waals surface area contributed by atoms with Gasteiger partial charge in [0.1, 0.15) is 53.2 Å². The fraction of sp³-hybridized carbons (Fsp3) is 0.311. The zero-order valence-corrected chi connectivity index (χ0v) is 39.2. The summed E-state index contributed by atoms with van der Waals surface area (Å²) in [6.07, 6.45) is -1.86. The molecule has 0 bridgehead atoms. The summed E-state index contributed by atoms with van der Waals surface area (Å²) < 4.78 is 58.3. The van der Waals surface area contributed by atoms with E-state index in [-0.39, 0.29) is 23.4 Å². The van der Waals surface area contributed by atoms with E-state index in [9.17, 15) is 24.0 Å². The van der Waals surface area contributed by atoms with Gasteiger partial charge < -0.3 is 47.9 Å². The Morgan fingerprint density at radius 1 is 0.828 bits per heavy atom. The number of anilines is 1. The molecule has 1 unspecified atom stereocenters. The van der Waals surface area contributed by atoms with E-state index in [1.807, 2.05) is 119 Å². The Morgan fingerprint density at radius 2 is 1.39 bits per heavy atom. The standard InChI is InChI=1S/C45H52N4O12P2Si/c1-44(2,3)64(6,7)60-39-38(59-63(53,54)61-62(51)52)37(58-43(39)49-27-26-36-40(46-29-47-41(36)49)48-42(50)30-14-10-8-11-15-30)28-57-45(31-16-12-9-13-17-31,32-18-22-34(55-4)23-19-32)33-20-24-35(56-5)25-21-33/h8-27,29,37-39,43,51-52H,28H2,1-7H3,(H,53,54)(H,46,47,48,50)/t37-,38-,39-,43-/m1/s1. The maximum Gasteiger partial charge on any atom is 0.479 e. The van der Waals surface area contributed by atoms with Crippen LogP contribution in [0, 0.1) is 0 Å². The maximum absolute atomic E-state index is 13.7. The number of methoxy groups -OCH3 is 2. The number of ether oxygens (including phenoxy) is 4. The molecule has 1 amide bonds. The fourth-order valence-corrected chi connectivity index (χ4v) is 10.2. The number of nitrogens with zero attached hydrogens (tertiary/aromatic N) is 3.